The van der Waals surface area contributed by atoms with Crippen LogP contribution < -0.4 is 0 Å². The zero-order chi connectivity index (χ0) is 11.5. The van der Waals surface area contributed by atoms with Gasteiger partial charge in [-0.15, -0.1) is 0 Å². The predicted octanol–water partition coefficient (Wildman–Crippen LogP) is 2.40. The van der Waals surface area contributed by atoms with E-state index < -0.39 is 14.5 Å². The first-order chi connectivity index (χ1) is 6.69. The maximum Gasteiger partial charge on any atom is 0.233 e. The average Bonchev–Trinajstić information content (AvgIpc) is 2.34. The Morgan fingerprint density at radius 2 is 2.13 bits per heavy atom. The second-order valence-electron chi connectivity index (χ2n) is 5.41. The highest BCUT2D eigenvalue weighted by Crippen LogP contribution is 2.64. The minimum atomic E-state index is -3.52. The smallest absolute Gasteiger partial charge is 0.233 e. The summed E-state index contributed by atoms with van der Waals surface area (Å²) < 4.78 is 22.5. The third-order valence-corrected chi connectivity index (χ3v) is 5.79. The maximum atomic E-state index is 11.3. The Morgan fingerprint density at radius 1 is 1.53 bits per heavy atom. The van der Waals surface area contributed by atoms with Crippen molar-refractivity contribution in [2.75, 3.05) is 5.75 Å². The Bertz CT molecular complexity index is 415. The topological polar surface area (TPSA) is 58.0 Å². The van der Waals surface area contributed by atoms with Crippen molar-refractivity contribution in [3.8, 4) is 0 Å². The van der Waals surface area contributed by atoms with Crippen molar-refractivity contribution in [2.45, 2.75) is 33.1 Å². The third-order valence-electron chi connectivity index (χ3n) is 4.62. The molecule has 2 saturated carbocycles. The second-order valence-corrected chi connectivity index (χ2v) is 8.18. The molecule has 15 heavy (non-hydrogen) atoms. The summed E-state index contributed by atoms with van der Waals surface area (Å²) in [6.45, 7) is 4.16. The zero-order valence-electron chi connectivity index (χ0n) is 9.01. The zero-order valence-corrected chi connectivity index (χ0v) is 10.6. The van der Waals surface area contributed by atoms with Crippen LogP contribution in [0.5, 0.6) is 0 Å². The molecule has 0 aromatic carbocycles. The van der Waals surface area contributed by atoms with E-state index in [-0.39, 0.29) is 11.2 Å². The first kappa shape index (κ1) is 11.4. The maximum absolute atomic E-state index is 11.3. The molecule has 0 aliphatic heterocycles. The van der Waals surface area contributed by atoms with E-state index in [0.29, 0.717) is 11.6 Å². The number of nitrogens with one attached hydrogen (secondary N) is 1. The van der Waals surface area contributed by atoms with Gasteiger partial charge in [0.2, 0.25) is 9.05 Å². The van der Waals surface area contributed by atoms with Crippen LogP contribution in [0.2, 0.25) is 0 Å². The Kier molecular flexibility index (Phi) is 2.26. The molecule has 86 valence electrons. The second kappa shape index (κ2) is 2.98. The number of hydrogen-bond donors (Lipinski definition) is 1. The SMILES string of the molecule is CC1(C)[C@@H]2CC[C@@]1(CS(=O)(=O)Cl)C(=N)C2. The van der Waals surface area contributed by atoms with Gasteiger partial charge in [0.05, 0.1) is 5.75 Å². The van der Waals surface area contributed by atoms with E-state index in [0.717, 1.165) is 19.3 Å². The van der Waals surface area contributed by atoms with Crippen molar-refractivity contribution in [2.24, 2.45) is 16.7 Å². The van der Waals surface area contributed by atoms with Gasteiger partial charge in [-0.05, 0) is 30.6 Å². The van der Waals surface area contributed by atoms with Crippen LogP contribution >= 0.6 is 10.7 Å². The standard InChI is InChI=1S/C10H16ClNO2S/c1-9(2)7-3-4-10(9,8(12)5-7)6-15(11,13)14/h7,12H,3-6H2,1-2H3/t7-,10-/m1/s1. The Labute approximate surface area is 95.1 Å². The summed E-state index contributed by atoms with van der Waals surface area (Å²) in [5.74, 6) is 0.396. The molecule has 5 heteroatoms. The largest absolute Gasteiger partial charge is 0.309 e. The number of halogens is 1. The monoisotopic (exact) mass is 249 g/mol. The van der Waals surface area contributed by atoms with E-state index in [1.807, 2.05) is 0 Å². The van der Waals surface area contributed by atoms with Gasteiger partial charge in [-0.1, -0.05) is 13.8 Å². The van der Waals surface area contributed by atoms with Crippen LogP contribution in [-0.2, 0) is 9.05 Å². The quantitative estimate of drug-likeness (QED) is 0.764. The molecule has 1 N–H and O–H groups in total. The molecule has 0 spiro atoms. The lowest BCUT2D eigenvalue weighted by atomic mass is 9.70. The Morgan fingerprint density at radius 3 is 2.47 bits per heavy atom. The van der Waals surface area contributed by atoms with Gasteiger partial charge in [-0.25, -0.2) is 8.42 Å². The molecule has 2 aliphatic carbocycles. The Hall–Kier alpha value is -0.0900. The molecule has 0 unspecified atom stereocenters. The van der Waals surface area contributed by atoms with E-state index in [4.69, 9.17) is 16.1 Å². The van der Waals surface area contributed by atoms with Crippen LogP contribution in [0.4, 0.5) is 0 Å². The summed E-state index contributed by atoms with van der Waals surface area (Å²) in [6, 6.07) is 0. The lowest BCUT2D eigenvalue weighted by Gasteiger charge is -2.36. The number of fused-ring (bicyclic) bond motifs is 2. The van der Waals surface area contributed by atoms with Crippen LogP contribution in [-0.4, -0.2) is 19.9 Å². The summed E-state index contributed by atoms with van der Waals surface area (Å²) in [5.41, 5.74) is 0.0116. The highest BCUT2D eigenvalue weighted by Gasteiger charge is 2.63. The molecular formula is C10H16ClNO2S. The molecule has 2 bridgehead atoms. The van der Waals surface area contributed by atoms with Gasteiger partial charge in [0, 0.05) is 21.8 Å². The normalized spacial score (nSPS) is 38.6. The van der Waals surface area contributed by atoms with Crippen LogP contribution in [0.3, 0.4) is 0 Å². The molecule has 2 atom stereocenters. The van der Waals surface area contributed by atoms with Gasteiger partial charge in [0.15, 0.2) is 0 Å². The highest BCUT2D eigenvalue weighted by atomic mass is 35.7. The average molecular weight is 250 g/mol. The van der Waals surface area contributed by atoms with Crippen molar-refractivity contribution >= 4 is 25.4 Å². The van der Waals surface area contributed by atoms with Crippen LogP contribution in [0.25, 0.3) is 0 Å². The molecule has 2 aliphatic rings. The van der Waals surface area contributed by atoms with Crippen molar-refractivity contribution < 1.29 is 8.42 Å². The van der Waals surface area contributed by atoms with E-state index in [1.54, 1.807) is 0 Å². The number of hydrogen-bond acceptors (Lipinski definition) is 3. The van der Waals surface area contributed by atoms with Gasteiger partial charge >= 0.3 is 0 Å². The van der Waals surface area contributed by atoms with Gasteiger partial charge < -0.3 is 5.41 Å². The van der Waals surface area contributed by atoms with Crippen LogP contribution in [0.15, 0.2) is 0 Å². The first-order valence-electron chi connectivity index (χ1n) is 5.19. The fourth-order valence-electron chi connectivity index (χ4n) is 3.47. The first-order valence-corrected chi connectivity index (χ1v) is 7.67. The summed E-state index contributed by atoms with van der Waals surface area (Å²) >= 11 is 0. The van der Waals surface area contributed by atoms with Crippen LogP contribution in [0.1, 0.15) is 33.1 Å². The lowest BCUT2D eigenvalue weighted by Crippen LogP contribution is -2.40. The molecular weight excluding hydrogens is 234 g/mol. The van der Waals surface area contributed by atoms with Crippen molar-refractivity contribution in [1.82, 2.24) is 0 Å². The van der Waals surface area contributed by atoms with Gasteiger partial charge in [0.1, 0.15) is 0 Å². The molecule has 0 saturated heterocycles. The van der Waals surface area contributed by atoms with E-state index in [2.05, 4.69) is 13.8 Å². The van der Waals surface area contributed by atoms with Gasteiger partial charge in [-0.2, -0.15) is 0 Å². The predicted molar refractivity (Wildman–Crippen MR) is 60.9 cm³/mol. The van der Waals surface area contributed by atoms with Gasteiger partial charge in [0.25, 0.3) is 0 Å². The van der Waals surface area contributed by atoms with Crippen molar-refractivity contribution in [1.29, 1.82) is 5.41 Å². The molecule has 2 fully saturated rings. The van der Waals surface area contributed by atoms with Crippen molar-refractivity contribution in [3.05, 3.63) is 0 Å². The fourth-order valence-corrected chi connectivity index (χ4v) is 5.31. The van der Waals surface area contributed by atoms with E-state index >= 15 is 0 Å². The lowest BCUT2D eigenvalue weighted by molar-refractivity contribution is 0.196. The summed E-state index contributed by atoms with van der Waals surface area (Å²) in [7, 11) is 1.84. The molecule has 0 heterocycles. The van der Waals surface area contributed by atoms with Crippen LogP contribution in [0, 0.1) is 22.2 Å². The molecule has 2 rings (SSSR count). The molecule has 0 radical (unpaired) electrons. The highest BCUT2D eigenvalue weighted by molar-refractivity contribution is 8.13. The minimum Gasteiger partial charge on any atom is -0.309 e. The molecule has 3 nitrogen and oxygen atoms in total. The van der Waals surface area contributed by atoms with E-state index in [9.17, 15) is 8.42 Å². The third kappa shape index (κ3) is 1.45. The summed E-state index contributed by atoms with van der Waals surface area (Å²) in [5, 5.41) is 8.00. The van der Waals surface area contributed by atoms with E-state index in [1.165, 1.54) is 0 Å². The van der Waals surface area contributed by atoms with Crippen molar-refractivity contribution in [3.63, 3.8) is 0 Å². The summed E-state index contributed by atoms with van der Waals surface area (Å²) in [4.78, 5) is 0. The molecule has 0 amide bonds. The fraction of sp³-hybridized carbons (Fsp3) is 0.900. The molecule has 0 aromatic heterocycles. The molecule has 0 aromatic rings. The number of rotatable bonds is 2. The minimum absolute atomic E-state index is 0.0656. The summed E-state index contributed by atoms with van der Waals surface area (Å²) in [6.07, 6.45) is 2.58. The van der Waals surface area contributed by atoms with Gasteiger partial charge in [-0.3, -0.25) is 0 Å². The Balaban J connectivity index is 2.45.